The van der Waals surface area contributed by atoms with E-state index >= 15 is 0 Å². The lowest BCUT2D eigenvalue weighted by Crippen LogP contribution is -1.92. The van der Waals surface area contributed by atoms with Gasteiger partial charge in [0, 0.05) is 0 Å². The molecule has 76 valence electrons. The van der Waals surface area contributed by atoms with Crippen LogP contribution in [0.15, 0.2) is 21.9 Å². The molecule has 0 bridgehead atoms. The molecule has 0 unspecified atom stereocenters. The van der Waals surface area contributed by atoms with Gasteiger partial charge in [-0.2, -0.15) is 0 Å². The maximum atomic E-state index is 10.5. The fraction of sp³-hybridized carbons (Fsp3) is 0.333. The number of oxime groups is 1. The second kappa shape index (κ2) is 4.45. The standard InChI is InChI=1S/C9H11NO4/c1-6(2)10-14-5-8-3-7(4-13-8)9(11)12/h3-4H,5H2,1-2H3,(H,11,12). The summed E-state index contributed by atoms with van der Waals surface area (Å²) in [5.41, 5.74) is 0.899. The summed E-state index contributed by atoms with van der Waals surface area (Å²) >= 11 is 0. The fourth-order valence-corrected chi connectivity index (χ4v) is 0.793. The first kappa shape index (κ1) is 10.3. The van der Waals surface area contributed by atoms with Gasteiger partial charge in [-0.25, -0.2) is 4.79 Å². The molecule has 1 aromatic heterocycles. The van der Waals surface area contributed by atoms with Gasteiger partial charge >= 0.3 is 5.97 Å². The Morgan fingerprint density at radius 1 is 1.64 bits per heavy atom. The van der Waals surface area contributed by atoms with Gasteiger partial charge in [0.15, 0.2) is 6.61 Å². The van der Waals surface area contributed by atoms with E-state index in [1.54, 1.807) is 13.8 Å². The quantitative estimate of drug-likeness (QED) is 0.591. The average molecular weight is 197 g/mol. The van der Waals surface area contributed by atoms with Crippen molar-refractivity contribution >= 4 is 11.7 Å². The van der Waals surface area contributed by atoms with Crippen LogP contribution < -0.4 is 0 Å². The van der Waals surface area contributed by atoms with Crippen molar-refractivity contribution in [3.63, 3.8) is 0 Å². The van der Waals surface area contributed by atoms with E-state index in [1.807, 2.05) is 0 Å². The molecule has 0 aromatic carbocycles. The maximum absolute atomic E-state index is 10.5. The van der Waals surface area contributed by atoms with E-state index in [9.17, 15) is 4.79 Å². The molecule has 0 radical (unpaired) electrons. The lowest BCUT2D eigenvalue weighted by molar-refractivity contribution is 0.0696. The van der Waals surface area contributed by atoms with E-state index < -0.39 is 5.97 Å². The van der Waals surface area contributed by atoms with Crippen LogP contribution in [0, 0.1) is 0 Å². The Morgan fingerprint density at radius 3 is 2.86 bits per heavy atom. The normalized spacial score (nSPS) is 9.57. The molecule has 0 aliphatic heterocycles. The lowest BCUT2D eigenvalue weighted by Gasteiger charge is -1.94. The molecule has 14 heavy (non-hydrogen) atoms. The molecule has 0 aliphatic rings. The molecule has 1 heterocycles. The predicted molar refractivity (Wildman–Crippen MR) is 49.2 cm³/mol. The summed E-state index contributed by atoms with van der Waals surface area (Å²) in [5, 5.41) is 12.3. The van der Waals surface area contributed by atoms with Gasteiger partial charge in [-0.05, 0) is 19.9 Å². The van der Waals surface area contributed by atoms with Gasteiger partial charge in [0.25, 0.3) is 0 Å². The Bertz CT molecular complexity index is 349. The molecule has 1 aromatic rings. The van der Waals surface area contributed by atoms with E-state index in [0.717, 1.165) is 5.71 Å². The van der Waals surface area contributed by atoms with Crippen molar-refractivity contribution in [2.45, 2.75) is 20.5 Å². The smallest absolute Gasteiger partial charge is 0.338 e. The second-order valence-electron chi connectivity index (χ2n) is 2.92. The number of nitrogens with zero attached hydrogens (tertiary/aromatic N) is 1. The third-order valence-corrected chi connectivity index (χ3v) is 1.35. The van der Waals surface area contributed by atoms with E-state index in [1.165, 1.54) is 12.3 Å². The predicted octanol–water partition coefficient (Wildman–Crippen LogP) is 1.89. The van der Waals surface area contributed by atoms with Gasteiger partial charge in [-0.3, -0.25) is 0 Å². The average Bonchev–Trinajstić information content (AvgIpc) is 2.52. The minimum Gasteiger partial charge on any atom is -0.478 e. The van der Waals surface area contributed by atoms with E-state index in [4.69, 9.17) is 14.4 Å². The number of hydrogen-bond donors (Lipinski definition) is 1. The molecule has 5 nitrogen and oxygen atoms in total. The number of aromatic carboxylic acids is 1. The summed E-state index contributed by atoms with van der Waals surface area (Å²) in [6.07, 6.45) is 1.17. The number of rotatable bonds is 4. The van der Waals surface area contributed by atoms with Gasteiger partial charge in [-0.15, -0.1) is 0 Å². The summed E-state index contributed by atoms with van der Waals surface area (Å²) in [4.78, 5) is 15.3. The summed E-state index contributed by atoms with van der Waals surface area (Å²) in [6.45, 7) is 3.73. The van der Waals surface area contributed by atoms with E-state index in [2.05, 4.69) is 5.16 Å². The molecule has 0 saturated carbocycles. The van der Waals surface area contributed by atoms with Crippen LogP contribution >= 0.6 is 0 Å². The highest BCUT2D eigenvalue weighted by atomic mass is 16.6. The Kier molecular flexibility index (Phi) is 3.28. The molecule has 1 rings (SSSR count). The van der Waals surface area contributed by atoms with Crippen LogP contribution in [-0.2, 0) is 11.4 Å². The molecule has 1 N–H and O–H groups in total. The van der Waals surface area contributed by atoms with Crippen molar-refractivity contribution in [1.82, 2.24) is 0 Å². The van der Waals surface area contributed by atoms with Crippen LogP contribution in [0.3, 0.4) is 0 Å². The van der Waals surface area contributed by atoms with Crippen LogP contribution in [0.2, 0.25) is 0 Å². The molecule has 5 heteroatoms. The maximum Gasteiger partial charge on any atom is 0.338 e. The third kappa shape index (κ3) is 2.93. The van der Waals surface area contributed by atoms with Crippen molar-refractivity contribution in [2.24, 2.45) is 5.16 Å². The van der Waals surface area contributed by atoms with Crippen molar-refractivity contribution < 1.29 is 19.2 Å². The first-order chi connectivity index (χ1) is 6.59. The highest BCUT2D eigenvalue weighted by molar-refractivity contribution is 5.87. The molecular weight excluding hydrogens is 186 g/mol. The highest BCUT2D eigenvalue weighted by Gasteiger charge is 2.07. The van der Waals surface area contributed by atoms with Crippen LogP contribution in [0.1, 0.15) is 30.0 Å². The van der Waals surface area contributed by atoms with Crippen LogP contribution in [0.4, 0.5) is 0 Å². The summed E-state index contributed by atoms with van der Waals surface area (Å²) in [5.74, 6) is -0.581. The van der Waals surface area contributed by atoms with Crippen LogP contribution in [0.5, 0.6) is 0 Å². The summed E-state index contributed by atoms with van der Waals surface area (Å²) in [7, 11) is 0. The zero-order chi connectivity index (χ0) is 10.6. The van der Waals surface area contributed by atoms with Gasteiger partial charge < -0.3 is 14.4 Å². The van der Waals surface area contributed by atoms with Crippen molar-refractivity contribution in [2.75, 3.05) is 0 Å². The lowest BCUT2D eigenvalue weighted by atomic mass is 10.3. The molecule has 0 aliphatic carbocycles. The first-order valence-corrected chi connectivity index (χ1v) is 4.03. The molecule has 0 fully saturated rings. The fourth-order valence-electron chi connectivity index (χ4n) is 0.793. The summed E-state index contributed by atoms with van der Waals surface area (Å²) < 4.78 is 4.93. The molecule has 0 spiro atoms. The molecular formula is C9H11NO4. The first-order valence-electron chi connectivity index (χ1n) is 4.03. The van der Waals surface area contributed by atoms with Gasteiger partial charge in [0.05, 0.1) is 11.3 Å². The highest BCUT2D eigenvalue weighted by Crippen LogP contribution is 2.08. The van der Waals surface area contributed by atoms with Crippen molar-refractivity contribution in [3.8, 4) is 0 Å². The van der Waals surface area contributed by atoms with Gasteiger partial charge in [-0.1, -0.05) is 5.16 Å². The van der Waals surface area contributed by atoms with Crippen LogP contribution in [-0.4, -0.2) is 16.8 Å². The van der Waals surface area contributed by atoms with Gasteiger partial charge in [0.2, 0.25) is 0 Å². The topological polar surface area (TPSA) is 72.0 Å². The van der Waals surface area contributed by atoms with E-state index in [0.29, 0.717) is 5.76 Å². The second-order valence-corrected chi connectivity index (χ2v) is 2.92. The molecule has 0 atom stereocenters. The number of carbonyl (C=O) groups is 1. The van der Waals surface area contributed by atoms with Crippen LogP contribution in [0.25, 0.3) is 0 Å². The Morgan fingerprint density at radius 2 is 2.36 bits per heavy atom. The van der Waals surface area contributed by atoms with Crippen molar-refractivity contribution in [3.05, 3.63) is 23.7 Å². The Hall–Kier alpha value is -1.78. The Labute approximate surface area is 81.0 Å². The zero-order valence-corrected chi connectivity index (χ0v) is 7.98. The van der Waals surface area contributed by atoms with Gasteiger partial charge in [0.1, 0.15) is 12.0 Å². The number of carboxylic acids is 1. The zero-order valence-electron chi connectivity index (χ0n) is 7.98. The number of furan rings is 1. The van der Waals surface area contributed by atoms with E-state index in [-0.39, 0.29) is 12.2 Å². The molecule has 0 amide bonds. The third-order valence-electron chi connectivity index (χ3n) is 1.35. The molecule has 0 saturated heterocycles. The largest absolute Gasteiger partial charge is 0.478 e. The number of carboxylic acid groups (broad SMARTS) is 1. The number of hydrogen-bond acceptors (Lipinski definition) is 4. The SMILES string of the molecule is CC(C)=NOCc1cc(C(=O)O)co1. The minimum absolute atomic E-state index is 0.112. The van der Waals surface area contributed by atoms with Crippen molar-refractivity contribution in [1.29, 1.82) is 0 Å². The summed E-state index contributed by atoms with van der Waals surface area (Å²) in [6, 6.07) is 1.41. The Balaban J connectivity index is 2.52. The minimum atomic E-state index is -1.02. The monoisotopic (exact) mass is 197 g/mol.